The van der Waals surface area contributed by atoms with Crippen LogP contribution in [0.3, 0.4) is 0 Å². The van der Waals surface area contributed by atoms with E-state index in [-0.39, 0.29) is 18.7 Å². The number of aromatic nitrogens is 1. The zero-order valence-corrected chi connectivity index (χ0v) is 14.5. The van der Waals surface area contributed by atoms with E-state index in [4.69, 9.17) is 4.74 Å². The van der Waals surface area contributed by atoms with E-state index in [1.807, 2.05) is 36.4 Å². The SMILES string of the molecule is O=C(O)c1cccc(N(Cc2ccccn2)C(=O)OCc2ccccc2)c1. The quantitative estimate of drug-likeness (QED) is 0.713. The number of benzene rings is 2. The summed E-state index contributed by atoms with van der Waals surface area (Å²) in [5.41, 5.74) is 2.05. The minimum absolute atomic E-state index is 0.0920. The Kier molecular flexibility index (Phi) is 5.79. The summed E-state index contributed by atoms with van der Waals surface area (Å²) in [4.78, 5) is 29.6. The van der Waals surface area contributed by atoms with Crippen molar-refractivity contribution in [3.8, 4) is 0 Å². The molecule has 1 amide bonds. The Hall–Kier alpha value is -3.67. The number of carboxylic acids is 1. The lowest BCUT2D eigenvalue weighted by Crippen LogP contribution is -2.31. The second-order valence-electron chi connectivity index (χ2n) is 5.80. The Morgan fingerprint density at radius 2 is 1.74 bits per heavy atom. The van der Waals surface area contributed by atoms with E-state index in [1.54, 1.807) is 30.5 Å². The summed E-state index contributed by atoms with van der Waals surface area (Å²) < 4.78 is 5.43. The summed E-state index contributed by atoms with van der Waals surface area (Å²) in [6.45, 7) is 0.286. The van der Waals surface area contributed by atoms with Gasteiger partial charge in [0.05, 0.1) is 17.8 Å². The predicted molar refractivity (Wildman–Crippen MR) is 100 cm³/mol. The zero-order chi connectivity index (χ0) is 19.1. The van der Waals surface area contributed by atoms with Crippen molar-refractivity contribution in [2.24, 2.45) is 0 Å². The highest BCUT2D eigenvalue weighted by molar-refractivity contribution is 5.92. The van der Waals surface area contributed by atoms with Crippen molar-refractivity contribution in [3.05, 3.63) is 95.8 Å². The Bertz CT molecular complexity index is 914. The van der Waals surface area contributed by atoms with Crippen LogP contribution < -0.4 is 4.90 Å². The van der Waals surface area contributed by atoms with Crippen molar-refractivity contribution in [3.63, 3.8) is 0 Å². The number of amides is 1. The molecule has 0 atom stereocenters. The second-order valence-corrected chi connectivity index (χ2v) is 5.80. The normalized spacial score (nSPS) is 10.2. The summed E-state index contributed by atoms with van der Waals surface area (Å²) in [6.07, 6.45) is 1.06. The van der Waals surface area contributed by atoms with Gasteiger partial charge in [0.1, 0.15) is 6.61 Å². The number of aromatic carboxylic acids is 1. The van der Waals surface area contributed by atoms with Crippen molar-refractivity contribution in [2.45, 2.75) is 13.2 Å². The number of carbonyl (C=O) groups is 2. The van der Waals surface area contributed by atoms with Crippen LogP contribution in [-0.4, -0.2) is 22.2 Å². The number of pyridine rings is 1. The van der Waals surface area contributed by atoms with Crippen LogP contribution in [0.5, 0.6) is 0 Å². The Morgan fingerprint density at radius 1 is 0.963 bits per heavy atom. The van der Waals surface area contributed by atoms with Gasteiger partial charge in [0.15, 0.2) is 0 Å². The van der Waals surface area contributed by atoms with Gasteiger partial charge < -0.3 is 9.84 Å². The monoisotopic (exact) mass is 362 g/mol. The number of nitrogens with zero attached hydrogens (tertiary/aromatic N) is 2. The van der Waals surface area contributed by atoms with Crippen molar-refractivity contribution < 1.29 is 19.4 Å². The molecule has 0 saturated carbocycles. The van der Waals surface area contributed by atoms with E-state index in [0.29, 0.717) is 11.4 Å². The summed E-state index contributed by atoms with van der Waals surface area (Å²) in [5.74, 6) is -1.06. The molecule has 0 aliphatic heterocycles. The van der Waals surface area contributed by atoms with Gasteiger partial charge in [-0.2, -0.15) is 0 Å². The van der Waals surface area contributed by atoms with Gasteiger partial charge in [-0.3, -0.25) is 9.88 Å². The molecule has 0 spiro atoms. The average molecular weight is 362 g/mol. The molecule has 3 aromatic rings. The van der Waals surface area contributed by atoms with Crippen molar-refractivity contribution in [1.82, 2.24) is 4.98 Å². The molecule has 6 nitrogen and oxygen atoms in total. The minimum atomic E-state index is -1.06. The van der Waals surface area contributed by atoms with Gasteiger partial charge in [0, 0.05) is 11.9 Å². The summed E-state index contributed by atoms with van der Waals surface area (Å²) >= 11 is 0. The molecule has 0 aliphatic rings. The maximum atomic E-state index is 12.7. The van der Waals surface area contributed by atoms with Crippen LogP contribution in [-0.2, 0) is 17.9 Å². The van der Waals surface area contributed by atoms with Crippen LogP contribution in [0.25, 0.3) is 0 Å². The molecule has 6 heteroatoms. The van der Waals surface area contributed by atoms with E-state index in [0.717, 1.165) is 5.56 Å². The number of anilines is 1. The number of rotatable bonds is 6. The second kappa shape index (κ2) is 8.62. The molecular formula is C21H18N2O4. The Labute approximate surface area is 156 Å². The first-order valence-electron chi connectivity index (χ1n) is 8.35. The van der Waals surface area contributed by atoms with Gasteiger partial charge in [0.2, 0.25) is 0 Å². The van der Waals surface area contributed by atoms with Crippen LogP contribution in [0.2, 0.25) is 0 Å². The standard InChI is InChI=1S/C21H18N2O4/c24-20(25)17-9-6-11-19(13-17)23(14-18-10-4-5-12-22-18)21(26)27-15-16-7-2-1-3-8-16/h1-13H,14-15H2,(H,24,25). The lowest BCUT2D eigenvalue weighted by Gasteiger charge is -2.22. The predicted octanol–water partition coefficient (Wildman–Crippen LogP) is 4.12. The maximum Gasteiger partial charge on any atom is 0.414 e. The highest BCUT2D eigenvalue weighted by atomic mass is 16.6. The van der Waals surface area contributed by atoms with Crippen LogP contribution in [0.4, 0.5) is 10.5 Å². The first-order chi connectivity index (χ1) is 13.1. The summed E-state index contributed by atoms with van der Waals surface area (Å²) in [5, 5.41) is 9.22. The number of hydrogen-bond donors (Lipinski definition) is 1. The fourth-order valence-electron chi connectivity index (χ4n) is 2.52. The molecule has 3 rings (SSSR count). The maximum absolute atomic E-state index is 12.7. The largest absolute Gasteiger partial charge is 0.478 e. The van der Waals surface area contributed by atoms with E-state index >= 15 is 0 Å². The topological polar surface area (TPSA) is 79.7 Å². The fourth-order valence-corrected chi connectivity index (χ4v) is 2.52. The first kappa shape index (κ1) is 18.1. The third-order valence-corrected chi connectivity index (χ3v) is 3.88. The minimum Gasteiger partial charge on any atom is -0.478 e. The van der Waals surface area contributed by atoms with Crippen LogP contribution in [0.15, 0.2) is 79.0 Å². The van der Waals surface area contributed by atoms with E-state index in [2.05, 4.69) is 4.98 Å². The van der Waals surface area contributed by atoms with Gasteiger partial charge in [-0.05, 0) is 35.9 Å². The fraction of sp³-hybridized carbons (Fsp3) is 0.0952. The van der Waals surface area contributed by atoms with E-state index < -0.39 is 12.1 Å². The Morgan fingerprint density at radius 3 is 2.44 bits per heavy atom. The third kappa shape index (κ3) is 4.92. The van der Waals surface area contributed by atoms with Gasteiger partial charge in [-0.1, -0.05) is 42.5 Å². The number of carboxylic acid groups (broad SMARTS) is 1. The van der Waals surface area contributed by atoms with Crippen molar-refractivity contribution in [2.75, 3.05) is 4.90 Å². The zero-order valence-electron chi connectivity index (χ0n) is 14.5. The smallest absolute Gasteiger partial charge is 0.414 e. The number of hydrogen-bond acceptors (Lipinski definition) is 4. The highest BCUT2D eigenvalue weighted by Gasteiger charge is 2.20. The molecule has 136 valence electrons. The third-order valence-electron chi connectivity index (χ3n) is 3.88. The lowest BCUT2D eigenvalue weighted by molar-refractivity contribution is 0.0696. The van der Waals surface area contributed by atoms with Crippen molar-refractivity contribution in [1.29, 1.82) is 0 Å². The molecular weight excluding hydrogens is 344 g/mol. The summed E-state index contributed by atoms with van der Waals surface area (Å²) in [7, 11) is 0. The molecule has 2 aromatic carbocycles. The number of carbonyl (C=O) groups excluding carboxylic acids is 1. The highest BCUT2D eigenvalue weighted by Crippen LogP contribution is 2.20. The molecule has 27 heavy (non-hydrogen) atoms. The van der Waals surface area contributed by atoms with Gasteiger partial charge in [-0.15, -0.1) is 0 Å². The van der Waals surface area contributed by atoms with Crippen LogP contribution in [0, 0.1) is 0 Å². The van der Waals surface area contributed by atoms with E-state index in [9.17, 15) is 14.7 Å². The van der Waals surface area contributed by atoms with Crippen molar-refractivity contribution >= 4 is 17.7 Å². The molecule has 0 saturated heterocycles. The molecule has 1 N–H and O–H groups in total. The van der Waals surface area contributed by atoms with E-state index in [1.165, 1.54) is 17.0 Å². The molecule has 0 fully saturated rings. The average Bonchev–Trinajstić information content (AvgIpc) is 2.72. The van der Waals surface area contributed by atoms with Crippen LogP contribution in [0.1, 0.15) is 21.6 Å². The lowest BCUT2D eigenvalue weighted by atomic mass is 10.2. The van der Waals surface area contributed by atoms with Gasteiger partial charge in [0.25, 0.3) is 0 Å². The molecule has 0 aliphatic carbocycles. The first-order valence-corrected chi connectivity index (χ1v) is 8.35. The molecule has 0 radical (unpaired) electrons. The Balaban J connectivity index is 1.83. The summed E-state index contributed by atoms with van der Waals surface area (Å²) in [6, 6.07) is 20.9. The molecule has 0 bridgehead atoms. The molecule has 1 aromatic heterocycles. The molecule has 0 unspecified atom stereocenters. The molecule has 1 heterocycles. The number of ether oxygens (including phenoxy) is 1. The van der Waals surface area contributed by atoms with Gasteiger partial charge >= 0.3 is 12.1 Å². The van der Waals surface area contributed by atoms with Crippen LogP contribution >= 0.6 is 0 Å². The van der Waals surface area contributed by atoms with Gasteiger partial charge in [-0.25, -0.2) is 9.59 Å².